The van der Waals surface area contributed by atoms with Gasteiger partial charge in [0.15, 0.2) is 0 Å². The molecule has 0 radical (unpaired) electrons. The third kappa shape index (κ3) is 2.08. The highest BCUT2D eigenvalue weighted by Gasteiger charge is 2.17. The fourth-order valence-corrected chi connectivity index (χ4v) is 1.27. The first-order valence-corrected chi connectivity index (χ1v) is 4.93. The van der Waals surface area contributed by atoms with E-state index in [1.54, 1.807) is 0 Å². The topological polar surface area (TPSA) is 30.7 Å². The van der Waals surface area contributed by atoms with Gasteiger partial charge in [-0.2, -0.15) is 0 Å². The molecule has 0 saturated carbocycles. The Morgan fingerprint density at radius 2 is 1.77 bits per heavy atom. The highest BCUT2D eigenvalue weighted by Crippen LogP contribution is 2.23. The molecule has 0 N–H and O–H groups in total. The lowest BCUT2D eigenvalue weighted by molar-refractivity contribution is 0.463. The van der Waals surface area contributed by atoms with Crippen molar-refractivity contribution < 1.29 is 0 Å². The molecule has 13 heavy (non-hydrogen) atoms. The summed E-state index contributed by atoms with van der Waals surface area (Å²) in [5.74, 6) is 2.19. The van der Waals surface area contributed by atoms with Gasteiger partial charge in [-0.3, -0.25) is 0 Å². The van der Waals surface area contributed by atoms with Gasteiger partial charge in [0, 0.05) is 12.0 Å². The van der Waals surface area contributed by atoms with Crippen LogP contribution in [-0.2, 0) is 0 Å². The Morgan fingerprint density at radius 3 is 2.23 bits per heavy atom. The van der Waals surface area contributed by atoms with Crippen molar-refractivity contribution in [2.75, 3.05) is 0 Å². The molecule has 3 heteroatoms. The Balaban J connectivity index is 2.93. The number of hydrogen-bond donors (Lipinski definition) is 0. The molecule has 1 heterocycles. The van der Waals surface area contributed by atoms with E-state index in [-0.39, 0.29) is 0 Å². The molecule has 1 unspecified atom stereocenters. The lowest BCUT2D eigenvalue weighted by Crippen LogP contribution is -2.12. The third-order valence-electron chi connectivity index (χ3n) is 2.56. The number of nitrogens with zero attached hydrogens (tertiary/aromatic N) is 3. The van der Waals surface area contributed by atoms with Gasteiger partial charge in [0.05, 0.1) is 0 Å². The summed E-state index contributed by atoms with van der Waals surface area (Å²) < 4.78 is 2.14. The summed E-state index contributed by atoms with van der Waals surface area (Å²) in [6, 6.07) is 0.450. The van der Waals surface area contributed by atoms with Gasteiger partial charge >= 0.3 is 0 Å². The van der Waals surface area contributed by atoms with E-state index >= 15 is 0 Å². The largest absolute Gasteiger partial charge is 0.315 e. The van der Waals surface area contributed by atoms with Crippen LogP contribution in [-0.4, -0.2) is 14.8 Å². The van der Waals surface area contributed by atoms with Crippen LogP contribution < -0.4 is 0 Å². The molecule has 0 aliphatic carbocycles. The first-order chi connectivity index (χ1) is 6.04. The maximum atomic E-state index is 4.17. The Labute approximate surface area is 80.2 Å². The normalized spacial score (nSPS) is 14.1. The standard InChI is InChI=1S/C10H19N3/c1-7(2)9(5)10-12-11-6-13(10)8(3)4/h6-9H,1-5H3. The first kappa shape index (κ1) is 10.2. The zero-order valence-electron chi connectivity index (χ0n) is 9.15. The van der Waals surface area contributed by atoms with Crippen molar-refractivity contribution in [3.63, 3.8) is 0 Å². The molecule has 1 atom stereocenters. The van der Waals surface area contributed by atoms with Gasteiger partial charge in [0.1, 0.15) is 12.2 Å². The van der Waals surface area contributed by atoms with Gasteiger partial charge in [-0.05, 0) is 19.8 Å². The van der Waals surface area contributed by atoms with Crippen LogP contribution in [0.25, 0.3) is 0 Å². The van der Waals surface area contributed by atoms with E-state index in [0.29, 0.717) is 17.9 Å². The fraction of sp³-hybridized carbons (Fsp3) is 0.800. The van der Waals surface area contributed by atoms with Crippen LogP contribution in [0.1, 0.15) is 52.4 Å². The van der Waals surface area contributed by atoms with Crippen molar-refractivity contribution in [1.29, 1.82) is 0 Å². The predicted octanol–water partition coefficient (Wildman–Crippen LogP) is 2.62. The highest BCUT2D eigenvalue weighted by molar-refractivity contribution is 4.97. The molecule has 1 aromatic rings. The summed E-state index contributed by atoms with van der Waals surface area (Å²) in [5, 5.41) is 8.13. The van der Waals surface area contributed by atoms with Crippen molar-refractivity contribution in [2.45, 2.75) is 46.6 Å². The van der Waals surface area contributed by atoms with E-state index in [0.717, 1.165) is 5.82 Å². The smallest absolute Gasteiger partial charge is 0.136 e. The second-order valence-electron chi connectivity index (χ2n) is 4.22. The molecule has 0 aromatic carbocycles. The molecule has 74 valence electrons. The molecule has 0 saturated heterocycles. The van der Waals surface area contributed by atoms with E-state index in [1.165, 1.54) is 0 Å². The SMILES string of the molecule is CC(C)C(C)c1nncn1C(C)C. The van der Waals surface area contributed by atoms with E-state index < -0.39 is 0 Å². The summed E-state index contributed by atoms with van der Waals surface area (Å²) in [5.41, 5.74) is 0. The van der Waals surface area contributed by atoms with E-state index in [2.05, 4.69) is 49.4 Å². The quantitative estimate of drug-likeness (QED) is 0.717. The second kappa shape index (κ2) is 3.90. The molecule has 1 rings (SSSR count). The van der Waals surface area contributed by atoms with E-state index in [4.69, 9.17) is 0 Å². The summed E-state index contributed by atoms with van der Waals surface area (Å²) in [7, 11) is 0. The van der Waals surface area contributed by atoms with Crippen molar-refractivity contribution in [2.24, 2.45) is 5.92 Å². The number of rotatable bonds is 3. The molecular weight excluding hydrogens is 162 g/mol. The lowest BCUT2D eigenvalue weighted by Gasteiger charge is -2.17. The van der Waals surface area contributed by atoms with Gasteiger partial charge < -0.3 is 4.57 Å². The third-order valence-corrected chi connectivity index (χ3v) is 2.56. The predicted molar refractivity (Wildman–Crippen MR) is 53.7 cm³/mol. The minimum atomic E-state index is 0.450. The molecule has 0 aliphatic rings. The highest BCUT2D eigenvalue weighted by atomic mass is 15.3. The first-order valence-electron chi connectivity index (χ1n) is 4.93. The van der Waals surface area contributed by atoms with Gasteiger partial charge in [-0.15, -0.1) is 10.2 Å². The molecule has 1 aromatic heterocycles. The Bertz CT molecular complexity index is 263. The number of hydrogen-bond acceptors (Lipinski definition) is 2. The van der Waals surface area contributed by atoms with Crippen molar-refractivity contribution in [3.8, 4) is 0 Å². The van der Waals surface area contributed by atoms with Gasteiger partial charge in [-0.1, -0.05) is 20.8 Å². The molecular formula is C10H19N3. The molecule has 0 bridgehead atoms. The van der Waals surface area contributed by atoms with Gasteiger partial charge in [0.25, 0.3) is 0 Å². The summed E-state index contributed by atoms with van der Waals surface area (Å²) >= 11 is 0. The van der Waals surface area contributed by atoms with Crippen LogP contribution in [0.2, 0.25) is 0 Å². The van der Waals surface area contributed by atoms with E-state index in [9.17, 15) is 0 Å². The number of aromatic nitrogens is 3. The second-order valence-corrected chi connectivity index (χ2v) is 4.22. The molecule has 3 nitrogen and oxygen atoms in total. The van der Waals surface area contributed by atoms with Gasteiger partial charge in [0.2, 0.25) is 0 Å². The van der Waals surface area contributed by atoms with Crippen LogP contribution in [0, 0.1) is 5.92 Å². The van der Waals surface area contributed by atoms with E-state index in [1.807, 2.05) is 6.33 Å². The maximum Gasteiger partial charge on any atom is 0.136 e. The summed E-state index contributed by atoms with van der Waals surface area (Å²) in [6.45, 7) is 10.9. The van der Waals surface area contributed by atoms with Crippen molar-refractivity contribution in [1.82, 2.24) is 14.8 Å². The summed E-state index contributed by atoms with van der Waals surface area (Å²) in [4.78, 5) is 0. The van der Waals surface area contributed by atoms with Crippen LogP contribution in [0.15, 0.2) is 6.33 Å². The zero-order chi connectivity index (χ0) is 10.0. The zero-order valence-corrected chi connectivity index (χ0v) is 9.15. The van der Waals surface area contributed by atoms with Crippen molar-refractivity contribution in [3.05, 3.63) is 12.2 Å². The van der Waals surface area contributed by atoms with Crippen molar-refractivity contribution >= 4 is 0 Å². The average Bonchev–Trinajstić information content (AvgIpc) is 2.50. The maximum absolute atomic E-state index is 4.17. The van der Waals surface area contributed by atoms with Crippen LogP contribution in [0.5, 0.6) is 0 Å². The molecule has 0 aliphatic heterocycles. The molecule has 0 fully saturated rings. The minimum Gasteiger partial charge on any atom is -0.315 e. The van der Waals surface area contributed by atoms with Gasteiger partial charge in [-0.25, -0.2) is 0 Å². The fourth-order valence-electron chi connectivity index (χ4n) is 1.27. The Kier molecular flexibility index (Phi) is 3.07. The van der Waals surface area contributed by atoms with Crippen LogP contribution in [0.4, 0.5) is 0 Å². The lowest BCUT2D eigenvalue weighted by atomic mass is 9.97. The Hall–Kier alpha value is -0.860. The van der Waals surface area contributed by atoms with Crippen LogP contribution in [0.3, 0.4) is 0 Å². The monoisotopic (exact) mass is 181 g/mol. The minimum absolute atomic E-state index is 0.450. The van der Waals surface area contributed by atoms with Crippen LogP contribution >= 0.6 is 0 Å². The average molecular weight is 181 g/mol. The Morgan fingerprint density at radius 1 is 1.15 bits per heavy atom. The molecule has 0 spiro atoms. The molecule has 0 amide bonds. The summed E-state index contributed by atoms with van der Waals surface area (Å²) in [6.07, 6.45) is 1.82.